The van der Waals surface area contributed by atoms with E-state index < -0.39 is 11.7 Å². The maximum absolute atomic E-state index is 12.9. The van der Waals surface area contributed by atoms with Crippen LogP contribution in [0.3, 0.4) is 0 Å². The predicted molar refractivity (Wildman–Crippen MR) is 86.3 cm³/mol. The monoisotopic (exact) mass is 352 g/mol. The van der Waals surface area contributed by atoms with E-state index in [1.54, 1.807) is 6.92 Å². The van der Waals surface area contributed by atoms with Gasteiger partial charge in [0.1, 0.15) is 0 Å². The van der Waals surface area contributed by atoms with Gasteiger partial charge in [0, 0.05) is 12.6 Å². The molecular formula is C17H19F3N4O. The van der Waals surface area contributed by atoms with Gasteiger partial charge in [0.15, 0.2) is 0 Å². The molecule has 0 radical (unpaired) electrons. The summed E-state index contributed by atoms with van der Waals surface area (Å²) in [5.74, 6) is 0.103. The summed E-state index contributed by atoms with van der Waals surface area (Å²) in [6.07, 6.45) is -0.976. The second-order valence-electron chi connectivity index (χ2n) is 6.26. The van der Waals surface area contributed by atoms with E-state index in [0.29, 0.717) is 23.7 Å². The van der Waals surface area contributed by atoms with E-state index in [0.717, 1.165) is 25.0 Å². The number of alkyl halides is 3. The summed E-state index contributed by atoms with van der Waals surface area (Å²) in [6, 6.07) is 4.76. The van der Waals surface area contributed by atoms with Crippen molar-refractivity contribution in [1.82, 2.24) is 15.1 Å². The van der Waals surface area contributed by atoms with Crippen molar-refractivity contribution in [3.63, 3.8) is 0 Å². The number of nitrogens with zero attached hydrogens (tertiary/aromatic N) is 2. The number of halogens is 3. The van der Waals surface area contributed by atoms with E-state index in [9.17, 15) is 18.0 Å². The SMILES string of the molecule is Cc1c(C(=O)NC(CN)C2CC2)cnn1-c1cccc(C(F)(F)F)c1. The predicted octanol–water partition coefficient (Wildman–Crippen LogP) is 2.67. The summed E-state index contributed by atoms with van der Waals surface area (Å²) in [4.78, 5) is 12.4. The Morgan fingerprint density at radius 2 is 2.16 bits per heavy atom. The van der Waals surface area contributed by atoms with Gasteiger partial charge in [0.2, 0.25) is 0 Å². The van der Waals surface area contributed by atoms with E-state index in [1.807, 2.05) is 0 Å². The lowest BCUT2D eigenvalue weighted by molar-refractivity contribution is -0.137. The molecule has 3 N–H and O–H groups in total. The van der Waals surface area contributed by atoms with Crippen molar-refractivity contribution in [1.29, 1.82) is 0 Å². The van der Waals surface area contributed by atoms with Crippen molar-refractivity contribution in [3.8, 4) is 5.69 Å². The molecule has 1 aromatic carbocycles. The van der Waals surface area contributed by atoms with Crippen LogP contribution in [-0.4, -0.2) is 28.3 Å². The Balaban J connectivity index is 1.85. The molecule has 0 spiro atoms. The van der Waals surface area contributed by atoms with Crippen LogP contribution in [0.4, 0.5) is 13.2 Å². The van der Waals surface area contributed by atoms with E-state index in [2.05, 4.69) is 10.4 Å². The van der Waals surface area contributed by atoms with Gasteiger partial charge in [0.25, 0.3) is 5.91 Å². The van der Waals surface area contributed by atoms with Crippen molar-refractivity contribution < 1.29 is 18.0 Å². The summed E-state index contributed by atoms with van der Waals surface area (Å²) in [5.41, 5.74) is 5.99. The molecule has 1 heterocycles. The quantitative estimate of drug-likeness (QED) is 0.869. The highest BCUT2D eigenvalue weighted by Crippen LogP contribution is 2.32. The van der Waals surface area contributed by atoms with Gasteiger partial charge >= 0.3 is 6.18 Å². The van der Waals surface area contributed by atoms with Crippen molar-refractivity contribution in [2.24, 2.45) is 11.7 Å². The van der Waals surface area contributed by atoms with Crippen LogP contribution in [0, 0.1) is 12.8 Å². The fraction of sp³-hybridized carbons (Fsp3) is 0.412. The second-order valence-corrected chi connectivity index (χ2v) is 6.26. The molecule has 1 fully saturated rings. The molecule has 0 saturated heterocycles. The van der Waals surface area contributed by atoms with Crippen molar-refractivity contribution in [2.75, 3.05) is 6.54 Å². The number of benzene rings is 1. The number of rotatable bonds is 5. The molecular weight excluding hydrogens is 333 g/mol. The maximum atomic E-state index is 12.9. The Morgan fingerprint density at radius 1 is 1.44 bits per heavy atom. The Morgan fingerprint density at radius 3 is 2.76 bits per heavy atom. The number of carbonyl (C=O) groups excluding carboxylic acids is 1. The van der Waals surface area contributed by atoms with Crippen molar-refractivity contribution in [2.45, 2.75) is 32.0 Å². The van der Waals surface area contributed by atoms with Crippen molar-refractivity contribution >= 4 is 5.91 Å². The summed E-state index contributed by atoms with van der Waals surface area (Å²) in [7, 11) is 0. The first-order valence-corrected chi connectivity index (χ1v) is 8.04. The molecule has 1 aliphatic rings. The van der Waals surface area contributed by atoms with Crippen LogP contribution >= 0.6 is 0 Å². The number of nitrogens with two attached hydrogens (primary N) is 1. The fourth-order valence-corrected chi connectivity index (χ4v) is 2.82. The molecule has 134 valence electrons. The molecule has 1 saturated carbocycles. The van der Waals surface area contributed by atoms with Crippen molar-refractivity contribution in [3.05, 3.63) is 47.3 Å². The van der Waals surface area contributed by atoms with Gasteiger partial charge < -0.3 is 11.1 Å². The van der Waals surface area contributed by atoms with Gasteiger partial charge in [-0.25, -0.2) is 4.68 Å². The van der Waals surface area contributed by atoms with Gasteiger partial charge in [0.05, 0.1) is 28.7 Å². The van der Waals surface area contributed by atoms with Gasteiger partial charge in [-0.2, -0.15) is 18.3 Å². The minimum absolute atomic E-state index is 0.0798. The third-order valence-corrected chi connectivity index (χ3v) is 4.43. The lowest BCUT2D eigenvalue weighted by atomic mass is 10.1. The molecule has 8 heteroatoms. The summed E-state index contributed by atoms with van der Waals surface area (Å²) in [5, 5.41) is 6.97. The van der Waals surface area contributed by atoms with Gasteiger partial charge in [-0.1, -0.05) is 6.07 Å². The number of amides is 1. The highest BCUT2D eigenvalue weighted by Gasteiger charge is 2.32. The average molecular weight is 352 g/mol. The van der Waals surface area contributed by atoms with E-state index in [-0.39, 0.29) is 17.6 Å². The molecule has 1 aromatic heterocycles. The fourth-order valence-electron chi connectivity index (χ4n) is 2.82. The Labute approximate surface area is 143 Å². The van der Waals surface area contributed by atoms with Crippen LogP contribution in [0.15, 0.2) is 30.5 Å². The Bertz CT molecular complexity index is 780. The molecule has 1 unspecified atom stereocenters. The molecule has 2 aromatic rings. The molecule has 3 rings (SSSR count). The van der Waals surface area contributed by atoms with Crippen LogP contribution in [0.5, 0.6) is 0 Å². The lowest BCUT2D eigenvalue weighted by Gasteiger charge is -2.15. The maximum Gasteiger partial charge on any atom is 0.416 e. The zero-order valence-electron chi connectivity index (χ0n) is 13.7. The Kier molecular flexibility index (Phi) is 4.55. The van der Waals surface area contributed by atoms with Crippen LogP contribution in [-0.2, 0) is 6.18 Å². The summed E-state index contributed by atoms with van der Waals surface area (Å²) < 4.78 is 40.0. The Hall–Kier alpha value is -2.35. The molecule has 25 heavy (non-hydrogen) atoms. The largest absolute Gasteiger partial charge is 0.416 e. The first-order chi connectivity index (χ1) is 11.8. The molecule has 0 aliphatic heterocycles. The smallest absolute Gasteiger partial charge is 0.348 e. The average Bonchev–Trinajstić information content (AvgIpc) is 3.34. The minimum atomic E-state index is -4.43. The molecule has 1 atom stereocenters. The van der Waals surface area contributed by atoms with Crippen LogP contribution in [0.1, 0.15) is 34.5 Å². The minimum Gasteiger partial charge on any atom is -0.348 e. The third kappa shape index (κ3) is 3.68. The van der Waals surface area contributed by atoms with E-state index in [1.165, 1.54) is 23.0 Å². The number of hydrogen-bond acceptors (Lipinski definition) is 3. The van der Waals surface area contributed by atoms with E-state index in [4.69, 9.17) is 5.73 Å². The van der Waals surface area contributed by atoms with E-state index >= 15 is 0 Å². The normalized spacial score (nSPS) is 15.9. The first-order valence-electron chi connectivity index (χ1n) is 8.04. The molecule has 1 amide bonds. The first kappa shape index (κ1) is 17.5. The van der Waals surface area contributed by atoms with Crippen LogP contribution in [0.2, 0.25) is 0 Å². The number of nitrogens with one attached hydrogen (secondary N) is 1. The topological polar surface area (TPSA) is 72.9 Å². The molecule has 0 bridgehead atoms. The van der Waals surface area contributed by atoms with Crippen LogP contribution in [0.25, 0.3) is 5.69 Å². The number of carbonyl (C=O) groups is 1. The highest BCUT2D eigenvalue weighted by molar-refractivity contribution is 5.95. The molecule has 1 aliphatic carbocycles. The van der Waals surface area contributed by atoms with Gasteiger partial charge in [-0.15, -0.1) is 0 Å². The van der Waals surface area contributed by atoms with Gasteiger partial charge in [-0.05, 0) is 43.9 Å². The summed E-state index contributed by atoms with van der Waals surface area (Å²) >= 11 is 0. The zero-order valence-corrected chi connectivity index (χ0v) is 13.7. The number of hydrogen-bond donors (Lipinski definition) is 2. The van der Waals surface area contributed by atoms with Crippen LogP contribution < -0.4 is 11.1 Å². The van der Waals surface area contributed by atoms with Gasteiger partial charge in [-0.3, -0.25) is 4.79 Å². The number of aromatic nitrogens is 2. The zero-order chi connectivity index (χ0) is 18.2. The third-order valence-electron chi connectivity index (χ3n) is 4.43. The second kappa shape index (κ2) is 6.51. The molecule has 5 nitrogen and oxygen atoms in total. The highest BCUT2D eigenvalue weighted by atomic mass is 19.4. The summed E-state index contributed by atoms with van der Waals surface area (Å²) in [6.45, 7) is 2.01. The standard InChI is InChI=1S/C17H19F3N4O/c1-10-14(16(25)23-15(8-21)11-5-6-11)9-22-24(10)13-4-2-3-12(7-13)17(18,19)20/h2-4,7,9,11,15H,5-6,8,21H2,1H3,(H,23,25). The lowest BCUT2D eigenvalue weighted by Crippen LogP contribution is -2.41.